The van der Waals surface area contributed by atoms with Gasteiger partial charge in [-0.05, 0) is 52.6 Å². The Balaban J connectivity index is 1.61. The Morgan fingerprint density at radius 2 is 1.88 bits per heavy atom. The summed E-state index contributed by atoms with van der Waals surface area (Å²) in [6, 6.07) is 10.2. The summed E-state index contributed by atoms with van der Waals surface area (Å²) in [7, 11) is -3.56. The standard InChI is InChI=1S/C26H29Cl2N7O4S/c1-40(38,39)31-21-8-4-5-9-22(21)35-24(19-11-10-16(27)14-20(19)28)23(17-6-2-3-7-18(17)26(35)37)25(36)29-12-13-34-15-30-32-33-34/h2-3,6-7,10-11,14-15,21-24,31H,4-5,8-9,12-13H2,1H3,(H,29,36)/t21-,22-,23+,24-/m0/s1. The van der Waals surface area contributed by atoms with Crippen LogP contribution in [0.2, 0.25) is 10.0 Å². The van der Waals surface area contributed by atoms with E-state index in [1.54, 1.807) is 47.4 Å². The van der Waals surface area contributed by atoms with Crippen molar-refractivity contribution in [2.45, 2.75) is 56.3 Å². The van der Waals surface area contributed by atoms with Crippen molar-refractivity contribution in [1.82, 2.24) is 35.1 Å². The first-order valence-electron chi connectivity index (χ1n) is 13.0. The molecule has 1 aliphatic carbocycles. The fourth-order valence-corrected chi connectivity index (χ4v) is 7.16. The highest BCUT2D eigenvalue weighted by Gasteiger charge is 2.49. The Morgan fingerprint density at radius 1 is 1.10 bits per heavy atom. The molecule has 4 atom stereocenters. The third-order valence-corrected chi connectivity index (χ3v) is 8.72. The predicted molar refractivity (Wildman–Crippen MR) is 149 cm³/mol. The van der Waals surface area contributed by atoms with Gasteiger partial charge < -0.3 is 10.2 Å². The monoisotopic (exact) mass is 605 g/mol. The molecule has 5 rings (SSSR count). The molecule has 2 aliphatic rings. The largest absolute Gasteiger partial charge is 0.354 e. The molecule has 0 radical (unpaired) electrons. The van der Waals surface area contributed by atoms with Crippen molar-refractivity contribution in [2.75, 3.05) is 12.8 Å². The van der Waals surface area contributed by atoms with E-state index in [9.17, 15) is 18.0 Å². The molecule has 2 amide bonds. The maximum atomic E-state index is 14.2. The summed E-state index contributed by atoms with van der Waals surface area (Å²) < 4.78 is 28.9. The number of hydrogen-bond acceptors (Lipinski definition) is 7. The number of nitrogens with one attached hydrogen (secondary N) is 2. The van der Waals surface area contributed by atoms with E-state index in [4.69, 9.17) is 23.2 Å². The van der Waals surface area contributed by atoms with Crippen LogP contribution in [0.5, 0.6) is 0 Å². The summed E-state index contributed by atoms with van der Waals surface area (Å²) >= 11 is 13.0. The van der Waals surface area contributed by atoms with E-state index in [1.165, 1.54) is 11.0 Å². The van der Waals surface area contributed by atoms with Crippen molar-refractivity contribution >= 4 is 45.0 Å². The Kier molecular flexibility index (Phi) is 8.41. The van der Waals surface area contributed by atoms with Crippen LogP contribution in [0.25, 0.3) is 0 Å². The number of fused-ring (bicyclic) bond motifs is 1. The van der Waals surface area contributed by atoms with Gasteiger partial charge >= 0.3 is 0 Å². The number of carbonyl (C=O) groups excluding carboxylic acids is 2. The number of aromatic nitrogens is 4. The molecule has 0 spiro atoms. The lowest BCUT2D eigenvalue weighted by molar-refractivity contribution is -0.124. The zero-order valence-electron chi connectivity index (χ0n) is 21.7. The Labute approximate surface area is 242 Å². The SMILES string of the molecule is CS(=O)(=O)N[C@H]1CCCC[C@@H]1N1C(=O)c2ccccc2[C@@H](C(=O)NCCn2cnnn2)[C@@H]1c1ccc(Cl)cc1Cl. The molecule has 11 nitrogen and oxygen atoms in total. The highest BCUT2D eigenvalue weighted by Crippen LogP contribution is 2.47. The third kappa shape index (κ3) is 5.99. The van der Waals surface area contributed by atoms with Gasteiger partial charge in [0.1, 0.15) is 6.33 Å². The van der Waals surface area contributed by atoms with E-state index in [1.807, 2.05) is 0 Å². The van der Waals surface area contributed by atoms with Crippen molar-refractivity contribution < 1.29 is 18.0 Å². The molecule has 0 bridgehead atoms. The summed E-state index contributed by atoms with van der Waals surface area (Å²) in [5.74, 6) is -1.42. The number of halogens is 2. The quantitative estimate of drug-likeness (QED) is 0.402. The zero-order chi connectivity index (χ0) is 28.4. The molecule has 1 aliphatic heterocycles. The summed E-state index contributed by atoms with van der Waals surface area (Å²) in [5.41, 5.74) is 1.52. The lowest BCUT2D eigenvalue weighted by Gasteiger charge is -2.49. The minimum atomic E-state index is -3.56. The van der Waals surface area contributed by atoms with Crippen molar-refractivity contribution in [3.63, 3.8) is 0 Å². The Bertz CT molecular complexity index is 1500. The molecule has 40 heavy (non-hydrogen) atoms. The molecule has 14 heteroatoms. The summed E-state index contributed by atoms with van der Waals surface area (Å²) in [6.07, 6.45) is 5.32. The molecule has 3 aromatic rings. The van der Waals surface area contributed by atoms with Crippen LogP contribution in [0.3, 0.4) is 0 Å². The minimum absolute atomic E-state index is 0.249. The molecule has 1 fully saturated rings. The van der Waals surface area contributed by atoms with Gasteiger partial charge in [-0.25, -0.2) is 17.8 Å². The molecule has 0 saturated heterocycles. The molecule has 2 heterocycles. The maximum Gasteiger partial charge on any atom is 0.255 e. The smallest absolute Gasteiger partial charge is 0.255 e. The van der Waals surface area contributed by atoms with Crippen LogP contribution in [-0.4, -0.2) is 70.2 Å². The summed E-state index contributed by atoms with van der Waals surface area (Å²) in [4.78, 5) is 29.9. The fourth-order valence-electron chi connectivity index (χ4n) is 5.81. The molecule has 0 unspecified atom stereocenters. The highest BCUT2D eigenvalue weighted by atomic mass is 35.5. The first-order valence-corrected chi connectivity index (χ1v) is 15.6. The Morgan fingerprint density at radius 3 is 2.60 bits per heavy atom. The van der Waals surface area contributed by atoms with E-state index in [2.05, 4.69) is 25.6 Å². The van der Waals surface area contributed by atoms with Crippen molar-refractivity contribution in [1.29, 1.82) is 0 Å². The topological polar surface area (TPSA) is 139 Å². The first kappa shape index (κ1) is 28.5. The van der Waals surface area contributed by atoms with Crippen LogP contribution >= 0.6 is 23.2 Å². The van der Waals surface area contributed by atoms with E-state index in [-0.39, 0.29) is 18.4 Å². The number of sulfonamides is 1. The lowest BCUT2D eigenvalue weighted by Crippen LogP contribution is -2.59. The zero-order valence-corrected chi connectivity index (χ0v) is 24.0. The normalized spacial score (nSPS) is 23.1. The van der Waals surface area contributed by atoms with E-state index >= 15 is 0 Å². The van der Waals surface area contributed by atoms with Gasteiger partial charge in [0.15, 0.2) is 0 Å². The summed E-state index contributed by atoms with van der Waals surface area (Å²) in [5, 5.41) is 14.8. The fraction of sp³-hybridized carbons (Fsp3) is 0.423. The van der Waals surface area contributed by atoms with Crippen molar-refractivity contribution in [3.8, 4) is 0 Å². The second-order valence-electron chi connectivity index (χ2n) is 10.1. The second kappa shape index (κ2) is 11.8. The van der Waals surface area contributed by atoms with Gasteiger partial charge in [0.25, 0.3) is 5.91 Å². The first-order chi connectivity index (χ1) is 19.1. The van der Waals surface area contributed by atoms with E-state index in [0.717, 1.165) is 19.1 Å². The van der Waals surface area contributed by atoms with Gasteiger partial charge in [-0.3, -0.25) is 9.59 Å². The molecule has 2 aromatic carbocycles. The molecule has 1 aromatic heterocycles. The average molecular weight is 607 g/mol. The number of benzene rings is 2. The van der Waals surface area contributed by atoms with Crippen molar-refractivity contribution in [3.05, 3.63) is 75.5 Å². The Hall–Kier alpha value is -3.06. The van der Waals surface area contributed by atoms with Gasteiger partial charge in [0.2, 0.25) is 15.9 Å². The van der Waals surface area contributed by atoms with E-state index < -0.39 is 34.1 Å². The number of hydrogen-bond donors (Lipinski definition) is 2. The van der Waals surface area contributed by atoms with E-state index in [0.29, 0.717) is 46.1 Å². The number of rotatable bonds is 8. The van der Waals surface area contributed by atoms with Gasteiger partial charge in [-0.15, -0.1) is 5.10 Å². The molecule has 1 saturated carbocycles. The van der Waals surface area contributed by atoms with Crippen LogP contribution in [0.4, 0.5) is 0 Å². The number of tetrazole rings is 1. The van der Waals surface area contributed by atoms with Crippen LogP contribution in [0, 0.1) is 0 Å². The highest BCUT2D eigenvalue weighted by molar-refractivity contribution is 7.88. The van der Waals surface area contributed by atoms with Crippen LogP contribution in [0.15, 0.2) is 48.8 Å². The predicted octanol–water partition coefficient (Wildman–Crippen LogP) is 2.94. The lowest BCUT2D eigenvalue weighted by atomic mass is 9.76. The van der Waals surface area contributed by atoms with Gasteiger partial charge in [-0.1, -0.05) is 60.3 Å². The second-order valence-corrected chi connectivity index (χ2v) is 12.7. The van der Waals surface area contributed by atoms with Crippen molar-refractivity contribution in [2.24, 2.45) is 0 Å². The molecular formula is C26H29Cl2N7O4S. The van der Waals surface area contributed by atoms with Crippen LogP contribution < -0.4 is 10.0 Å². The molecular weight excluding hydrogens is 577 g/mol. The maximum absolute atomic E-state index is 14.2. The molecule has 2 N–H and O–H groups in total. The molecule has 212 valence electrons. The van der Waals surface area contributed by atoms with Crippen LogP contribution in [0.1, 0.15) is 59.1 Å². The average Bonchev–Trinajstić information content (AvgIpc) is 3.42. The number of nitrogens with zero attached hydrogens (tertiary/aromatic N) is 5. The number of amides is 2. The summed E-state index contributed by atoms with van der Waals surface area (Å²) in [6.45, 7) is 0.602. The third-order valence-electron chi connectivity index (χ3n) is 7.42. The minimum Gasteiger partial charge on any atom is -0.354 e. The van der Waals surface area contributed by atoms with Gasteiger partial charge in [0.05, 0.1) is 24.8 Å². The van der Waals surface area contributed by atoms with Crippen LogP contribution in [-0.2, 0) is 21.4 Å². The van der Waals surface area contributed by atoms with Gasteiger partial charge in [0, 0.05) is 34.2 Å². The number of carbonyl (C=O) groups is 2. The van der Waals surface area contributed by atoms with Gasteiger partial charge in [-0.2, -0.15) is 0 Å².